The number of nitrogens with zero attached hydrogens (tertiary/aromatic N) is 1. The van der Waals surface area contributed by atoms with Crippen LogP contribution in [-0.4, -0.2) is 58.4 Å². The number of hydrogen-bond donors (Lipinski definition) is 4. The molecule has 0 spiro atoms. The molecule has 4 N–H and O–H groups in total. The summed E-state index contributed by atoms with van der Waals surface area (Å²) in [5, 5.41) is 21.8. The molecule has 0 unspecified atom stereocenters. The topological polar surface area (TPSA) is 141 Å². The predicted octanol–water partition coefficient (Wildman–Crippen LogP) is 2.57. The van der Waals surface area contributed by atoms with Gasteiger partial charge in [0.2, 0.25) is 0 Å². The normalized spacial score (nSPS) is 21.9. The van der Waals surface area contributed by atoms with Gasteiger partial charge in [-0.05, 0) is 32.1 Å². The first-order valence-corrected chi connectivity index (χ1v) is 11.8. The molecule has 0 amide bonds. The SMILES string of the molecule is [B][C@@]1(O)CN(C)CC[C@@H]1c1c(O)cc(OP(=O)(O)O)c2c(=O)cc(-c3ccccc3Cl)oc12. The molecule has 172 valence electrons. The van der Waals surface area contributed by atoms with Crippen LogP contribution in [-0.2, 0) is 4.57 Å². The van der Waals surface area contributed by atoms with E-state index in [9.17, 15) is 29.4 Å². The van der Waals surface area contributed by atoms with Crippen LogP contribution in [0.4, 0.5) is 0 Å². The summed E-state index contributed by atoms with van der Waals surface area (Å²) in [7, 11) is 2.85. The highest BCUT2D eigenvalue weighted by Gasteiger charge is 2.41. The van der Waals surface area contributed by atoms with E-state index in [0.717, 1.165) is 12.1 Å². The number of piperidine rings is 1. The third kappa shape index (κ3) is 4.68. The second kappa shape index (κ2) is 8.47. The van der Waals surface area contributed by atoms with Crippen LogP contribution in [0.15, 0.2) is 45.6 Å². The highest BCUT2D eigenvalue weighted by molar-refractivity contribution is 7.46. The number of phenolic OH excluding ortho intramolecular Hbond substituents is 1. The van der Waals surface area contributed by atoms with Gasteiger partial charge in [0.25, 0.3) is 0 Å². The lowest BCUT2D eigenvalue weighted by atomic mass is 9.65. The first-order chi connectivity index (χ1) is 15.4. The molecule has 2 heterocycles. The molecule has 0 bridgehead atoms. The minimum Gasteiger partial charge on any atom is -0.507 e. The van der Waals surface area contributed by atoms with Gasteiger partial charge in [0.1, 0.15) is 36.1 Å². The number of rotatable bonds is 4. The Bertz CT molecular complexity index is 1340. The van der Waals surface area contributed by atoms with Crippen LogP contribution in [0.5, 0.6) is 11.5 Å². The number of likely N-dealkylation sites (N-methyl/N-ethyl adjacent to an activating group) is 1. The minimum absolute atomic E-state index is 0.0344. The summed E-state index contributed by atoms with van der Waals surface area (Å²) in [4.78, 5) is 33.5. The number of fused-ring (bicyclic) bond motifs is 1. The van der Waals surface area contributed by atoms with E-state index in [2.05, 4.69) is 4.52 Å². The molecule has 9 nitrogen and oxygen atoms in total. The summed E-state index contributed by atoms with van der Waals surface area (Å²) in [5.41, 5.74) is -2.27. The van der Waals surface area contributed by atoms with E-state index in [1.54, 1.807) is 31.3 Å². The van der Waals surface area contributed by atoms with Gasteiger partial charge in [0.05, 0.1) is 5.02 Å². The van der Waals surface area contributed by atoms with E-state index in [1.807, 2.05) is 4.90 Å². The fourth-order valence-electron chi connectivity index (χ4n) is 4.25. The summed E-state index contributed by atoms with van der Waals surface area (Å²) in [6.07, 6.45) is 0.310. The molecule has 1 fully saturated rings. The van der Waals surface area contributed by atoms with Crippen molar-refractivity contribution in [2.45, 2.75) is 17.8 Å². The molecule has 1 aliphatic rings. The maximum atomic E-state index is 13.1. The molecule has 1 aliphatic heterocycles. The van der Waals surface area contributed by atoms with E-state index in [4.69, 9.17) is 23.9 Å². The summed E-state index contributed by atoms with van der Waals surface area (Å²) < 4.78 is 22.2. The third-order valence-electron chi connectivity index (χ3n) is 5.61. The molecule has 12 heteroatoms. The van der Waals surface area contributed by atoms with Gasteiger partial charge < -0.3 is 24.1 Å². The van der Waals surface area contributed by atoms with Gasteiger partial charge >= 0.3 is 7.82 Å². The highest BCUT2D eigenvalue weighted by Crippen LogP contribution is 2.48. The molecule has 2 atom stereocenters. The lowest BCUT2D eigenvalue weighted by Gasteiger charge is -2.42. The van der Waals surface area contributed by atoms with Gasteiger partial charge in [-0.2, -0.15) is 0 Å². The molecule has 1 aromatic heterocycles. The fourth-order valence-corrected chi connectivity index (χ4v) is 4.88. The van der Waals surface area contributed by atoms with Crippen molar-refractivity contribution in [3.05, 3.63) is 57.2 Å². The molecule has 0 aliphatic carbocycles. The van der Waals surface area contributed by atoms with Crippen LogP contribution in [0, 0.1) is 0 Å². The number of phosphoric acid groups is 1. The zero-order chi connectivity index (χ0) is 24.1. The zero-order valence-electron chi connectivity index (χ0n) is 17.4. The highest BCUT2D eigenvalue weighted by atomic mass is 35.5. The van der Waals surface area contributed by atoms with Crippen LogP contribution in [0.2, 0.25) is 5.02 Å². The Kier molecular flexibility index (Phi) is 6.11. The lowest BCUT2D eigenvalue weighted by Crippen LogP contribution is -2.52. The number of benzene rings is 2. The van der Waals surface area contributed by atoms with Gasteiger partial charge in [0, 0.05) is 41.2 Å². The first-order valence-electron chi connectivity index (χ1n) is 9.91. The lowest BCUT2D eigenvalue weighted by molar-refractivity contribution is 0.0260. The Balaban J connectivity index is 2.06. The second-order valence-electron chi connectivity index (χ2n) is 8.12. The Labute approximate surface area is 194 Å². The molecule has 1 saturated heterocycles. The molecule has 3 aromatic rings. The number of phosphoric ester groups is 1. The van der Waals surface area contributed by atoms with Crippen LogP contribution in [0.3, 0.4) is 0 Å². The number of hydrogen-bond acceptors (Lipinski definition) is 7. The molecule has 0 saturated carbocycles. The van der Waals surface area contributed by atoms with E-state index < -0.39 is 36.2 Å². The van der Waals surface area contributed by atoms with Gasteiger partial charge in [-0.3, -0.25) is 14.6 Å². The van der Waals surface area contributed by atoms with Gasteiger partial charge in [0.15, 0.2) is 5.43 Å². The van der Waals surface area contributed by atoms with E-state index in [1.165, 1.54) is 0 Å². The summed E-state index contributed by atoms with van der Waals surface area (Å²) in [5.74, 6) is -1.86. The van der Waals surface area contributed by atoms with Crippen molar-refractivity contribution in [2.75, 3.05) is 20.1 Å². The van der Waals surface area contributed by atoms with Crippen molar-refractivity contribution >= 4 is 38.2 Å². The van der Waals surface area contributed by atoms with Gasteiger partial charge in [-0.1, -0.05) is 23.7 Å². The number of aliphatic hydroxyl groups is 1. The van der Waals surface area contributed by atoms with Crippen molar-refractivity contribution in [3.8, 4) is 22.8 Å². The summed E-state index contributed by atoms with van der Waals surface area (Å²) in [6, 6.07) is 8.63. The number of β-amino-alcohol motifs (C(OH)–C–C–N with tert-alkyl or cyclic N) is 1. The van der Waals surface area contributed by atoms with Gasteiger partial charge in [-0.15, -0.1) is 0 Å². The minimum atomic E-state index is -5.08. The molecule has 2 aromatic carbocycles. The Hall–Kier alpha value is -2.33. The monoisotopic (exact) mass is 491 g/mol. The maximum absolute atomic E-state index is 13.1. The van der Waals surface area contributed by atoms with E-state index in [0.29, 0.717) is 23.6 Å². The van der Waals surface area contributed by atoms with Crippen molar-refractivity contribution in [1.82, 2.24) is 4.90 Å². The number of halogens is 1. The third-order valence-corrected chi connectivity index (χ3v) is 6.38. The van der Waals surface area contributed by atoms with Gasteiger partial charge in [-0.25, -0.2) is 4.57 Å². The molecule has 4 rings (SSSR count). The average Bonchev–Trinajstić information content (AvgIpc) is 2.67. The smallest absolute Gasteiger partial charge is 0.507 e. The first kappa shape index (κ1) is 23.8. The molecular formula is C21H20BClNO8P. The fraction of sp³-hybridized carbons (Fsp3) is 0.286. The maximum Gasteiger partial charge on any atom is 0.524 e. The molecular weight excluding hydrogens is 471 g/mol. The average molecular weight is 492 g/mol. The quantitative estimate of drug-likeness (QED) is 0.320. The van der Waals surface area contributed by atoms with Crippen LogP contribution in [0.25, 0.3) is 22.3 Å². The standard InChI is InChI=1S/C21H20BClNO8P/c1-24-7-6-12(21(22,27)10-24)18-14(25)9-17(32-33(28,29)30)19-15(26)8-16(31-20(18)19)11-4-2-3-5-13(11)23/h2-5,8-9,12,25,27H,6-7,10H2,1H3,(H2,28,29,30)/t12-,21-/m1/s1. The predicted molar refractivity (Wildman–Crippen MR) is 123 cm³/mol. The Morgan fingerprint density at radius 1 is 1.30 bits per heavy atom. The van der Waals surface area contributed by atoms with E-state index >= 15 is 0 Å². The zero-order valence-corrected chi connectivity index (χ0v) is 19.1. The van der Waals surface area contributed by atoms with Crippen LogP contribution < -0.4 is 9.95 Å². The van der Waals surface area contributed by atoms with Crippen molar-refractivity contribution in [3.63, 3.8) is 0 Å². The largest absolute Gasteiger partial charge is 0.524 e. The van der Waals surface area contributed by atoms with Crippen molar-refractivity contribution in [2.24, 2.45) is 0 Å². The van der Waals surface area contributed by atoms with E-state index in [-0.39, 0.29) is 28.8 Å². The summed E-state index contributed by atoms with van der Waals surface area (Å²) in [6.45, 7) is 0.605. The molecule has 2 radical (unpaired) electrons. The van der Waals surface area contributed by atoms with Crippen LogP contribution >= 0.6 is 19.4 Å². The Morgan fingerprint density at radius 2 is 2.00 bits per heavy atom. The number of phenols is 1. The van der Waals surface area contributed by atoms with Crippen molar-refractivity contribution < 1.29 is 33.5 Å². The van der Waals surface area contributed by atoms with Crippen molar-refractivity contribution in [1.29, 1.82) is 0 Å². The Morgan fingerprint density at radius 3 is 2.64 bits per heavy atom. The number of aromatic hydroxyl groups is 1. The number of likely N-dealkylation sites (tertiary alicyclic amines) is 1. The van der Waals surface area contributed by atoms with Crippen LogP contribution in [0.1, 0.15) is 17.9 Å². The summed E-state index contributed by atoms with van der Waals surface area (Å²) >= 11 is 6.26. The molecule has 33 heavy (non-hydrogen) atoms. The second-order valence-corrected chi connectivity index (χ2v) is 9.69.